The topological polar surface area (TPSA) is 111 Å². The van der Waals surface area contributed by atoms with Crippen molar-refractivity contribution in [1.82, 2.24) is 9.55 Å². The molecule has 2 rings (SSSR count). The molecule has 1 aromatic rings. The number of nitrogen functional groups attached to an aromatic ring is 1. The van der Waals surface area contributed by atoms with Gasteiger partial charge in [0.2, 0.25) is 0 Å². The molecule has 3 unspecified atom stereocenters. The van der Waals surface area contributed by atoms with Crippen LogP contribution in [0.15, 0.2) is 27.4 Å². The Morgan fingerprint density at radius 1 is 1.68 bits per heavy atom. The van der Waals surface area contributed by atoms with Gasteiger partial charge in [0, 0.05) is 11.8 Å². The molecule has 0 amide bonds. The second-order valence-corrected chi connectivity index (χ2v) is 4.78. The van der Waals surface area contributed by atoms with E-state index in [2.05, 4.69) is 20.9 Å². The number of hydrogen-bond donors (Lipinski definition) is 3. The fraction of sp³-hybridized carbons (Fsp3) is 0.400. The summed E-state index contributed by atoms with van der Waals surface area (Å²) in [5.41, 5.74) is 4.53. The molecule has 1 aliphatic heterocycles. The van der Waals surface area contributed by atoms with E-state index in [1.807, 2.05) is 0 Å². The lowest BCUT2D eigenvalue weighted by Gasteiger charge is -2.15. The lowest BCUT2D eigenvalue weighted by molar-refractivity contribution is -0.0448. The van der Waals surface area contributed by atoms with Crippen LogP contribution in [0, 0.1) is 0 Å². The summed E-state index contributed by atoms with van der Waals surface area (Å²) in [6, 6.07) is 0. The van der Waals surface area contributed by atoms with Crippen LogP contribution in [-0.2, 0) is 4.74 Å². The molecule has 0 aliphatic carbocycles. The molecule has 1 aromatic heterocycles. The summed E-state index contributed by atoms with van der Waals surface area (Å²) in [5, 5.41) is 18.7. The third-order valence-electron chi connectivity index (χ3n) is 2.78. The van der Waals surface area contributed by atoms with Crippen LogP contribution in [0.3, 0.4) is 0 Å². The van der Waals surface area contributed by atoms with Gasteiger partial charge in [0.05, 0.1) is 17.4 Å². The fourth-order valence-electron chi connectivity index (χ4n) is 1.79. The number of nitrogens with two attached hydrogens (primary N) is 1. The molecule has 19 heavy (non-hydrogen) atoms. The van der Waals surface area contributed by atoms with Crippen LogP contribution in [0.4, 0.5) is 10.2 Å². The van der Waals surface area contributed by atoms with Gasteiger partial charge in [-0.2, -0.15) is 4.98 Å². The molecule has 9 heteroatoms. The molecule has 7 nitrogen and oxygen atoms in total. The third-order valence-corrected chi connectivity index (χ3v) is 3.39. The van der Waals surface area contributed by atoms with Crippen molar-refractivity contribution in [1.29, 1.82) is 0 Å². The summed E-state index contributed by atoms with van der Waals surface area (Å²) in [7, 11) is 0. The van der Waals surface area contributed by atoms with Crippen LogP contribution in [0.25, 0.3) is 0 Å². The number of nitrogens with zero attached hydrogens (tertiary/aromatic N) is 2. The Labute approximate surface area is 115 Å². The van der Waals surface area contributed by atoms with E-state index in [0.717, 1.165) is 4.57 Å². The van der Waals surface area contributed by atoms with Crippen LogP contribution in [-0.4, -0.2) is 38.6 Å². The van der Waals surface area contributed by atoms with Gasteiger partial charge in [0.1, 0.15) is 18.0 Å². The van der Waals surface area contributed by atoms with E-state index in [4.69, 9.17) is 15.6 Å². The van der Waals surface area contributed by atoms with E-state index in [1.165, 1.54) is 6.20 Å². The first-order valence-corrected chi connectivity index (χ1v) is 6.07. The molecule has 1 aliphatic rings. The van der Waals surface area contributed by atoms with Crippen LogP contribution in [0.1, 0.15) is 6.23 Å². The molecule has 0 radical (unpaired) electrons. The SMILES string of the molecule is Nc1nc(=O)n(C2OC(CO)C(O)C2=CF)cc1Br. The molecule has 0 saturated carbocycles. The zero-order chi connectivity index (χ0) is 14.2. The van der Waals surface area contributed by atoms with E-state index in [1.54, 1.807) is 0 Å². The van der Waals surface area contributed by atoms with Gasteiger partial charge in [0.25, 0.3) is 0 Å². The van der Waals surface area contributed by atoms with Crippen LogP contribution in [0.5, 0.6) is 0 Å². The van der Waals surface area contributed by atoms with Crippen molar-refractivity contribution in [2.24, 2.45) is 0 Å². The Morgan fingerprint density at radius 2 is 2.37 bits per heavy atom. The third kappa shape index (κ3) is 2.41. The minimum absolute atomic E-state index is 0.00992. The van der Waals surface area contributed by atoms with Gasteiger partial charge in [0.15, 0.2) is 6.23 Å². The van der Waals surface area contributed by atoms with Crippen molar-refractivity contribution in [2.75, 3.05) is 12.3 Å². The lowest BCUT2D eigenvalue weighted by Crippen LogP contribution is -2.28. The molecular formula is C10H11BrFN3O4. The molecule has 0 aromatic carbocycles. The average Bonchev–Trinajstić information content (AvgIpc) is 2.70. The minimum Gasteiger partial charge on any atom is -0.394 e. The highest BCUT2D eigenvalue weighted by molar-refractivity contribution is 9.10. The zero-order valence-electron chi connectivity index (χ0n) is 9.53. The molecule has 1 saturated heterocycles. The minimum atomic E-state index is -1.33. The molecule has 104 valence electrons. The van der Waals surface area contributed by atoms with Crippen molar-refractivity contribution in [3.63, 3.8) is 0 Å². The number of aromatic nitrogens is 2. The van der Waals surface area contributed by atoms with Crippen molar-refractivity contribution in [3.05, 3.63) is 33.1 Å². The predicted molar refractivity (Wildman–Crippen MR) is 66.8 cm³/mol. The first-order chi connectivity index (χ1) is 8.99. The molecular weight excluding hydrogens is 325 g/mol. The molecule has 0 spiro atoms. The number of aliphatic hydroxyl groups excluding tert-OH is 2. The summed E-state index contributed by atoms with van der Waals surface area (Å²) in [6.07, 6.45) is -2.07. The highest BCUT2D eigenvalue weighted by atomic mass is 79.9. The highest BCUT2D eigenvalue weighted by Gasteiger charge is 2.40. The van der Waals surface area contributed by atoms with Crippen LogP contribution in [0.2, 0.25) is 0 Å². The van der Waals surface area contributed by atoms with Crippen molar-refractivity contribution in [3.8, 4) is 0 Å². The summed E-state index contributed by atoms with van der Waals surface area (Å²) in [4.78, 5) is 15.2. The van der Waals surface area contributed by atoms with Gasteiger partial charge in [-0.3, -0.25) is 4.57 Å². The Bertz CT molecular complexity index is 576. The molecule has 2 heterocycles. The predicted octanol–water partition coefficient (Wildman–Crippen LogP) is -0.308. The normalized spacial score (nSPS) is 29.1. The summed E-state index contributed by atoms with van der Waals surface area (Å²) in [5.74, 6) is -0.00992. The van der Waals surface area contributed by atoms with E-state index in [9.17, 15) is 14.3 Å². The number of hydrogen-bond acceptors (Lipinski definition) is 6. The van der Waals surface area contributed by atoms with Gasteiger partial charge in [-0.1, -0.05) is 0 Å². The first kappa shape index (κ1) is 14.1. The summed E-state index contributed by atoms with van der Waals surface area (Å²) in [6.45, 7) is -0.507. The summed E-state index contributed by atoms with van der Waals surface area (Å²) >= 11 is 3.09. The second-order valence-electron chi connectivity index (χ2n) is 3.93. The lowest BCUT2D eigenvalue weighted by atomic mass is 10.1. The van der Waals surface area contributed by atoms with Crippen LogP contribution >= 0.6 is 15.9 Å². The number of anilines is 1. The van der Waals surface area contributed by atoms with Gasteiger partial charge in [-0.05, 0) is 15.9 Å². The zero-order valence-corrected chi connectivity index (χ0v) is 11.1. The van der Waals surface area contributed by atoms with Crippen molar-refractivity contribution in [2.45, 2.75) is 18.4 Å². The molecule has 4 N–H and O–H groups in total. The first-order valence-electron chi connectivity index (χ1n) is 5.28. The Balaban J connectivity index is 2.47. The largest absolute Gasteiger partial charge is 0.394 e. The van der Waals surface area contributed by atoms with E-state index in [0.29, 0.717) is 4.47 Å². The van der Waals surface area contributed by atoms with Gasteiger partial charge >= 0.3 is 5.69 Å². The smallest absolute Gasteiger partial charge is 0.351 e. The second kappa shape index (κ2) is 5.37. The monoisotopic (exact) mass is 335 g/mol. The molecule has 0 bridgehead atoms. The van der Waals surface area contributed by atoms with Gasteiger partial charge < -0.3 is 20.7 Å². The number of rotatable bonds is 2. The Morgan fingerprint density at radius 3 is 2.95 bits per heavy atom. The number of aliphatic hydroxyl groups is 2. The Kier molecular flexibility index (Phi) is 3.99. The quantitative estimate of drug-likeness (QED) is 0.683. The maximum absolute atomic E-state index is 12.8. The maximum atomic E-state index is 12.8. The van der Waals surface area contributed by atoms with Crippen LogP contribution < -0.4 is 11.4 Å². The standard InChI is InChI=1S/C10H11BrFN3O4/c11-5-2-15(10(18)14-8(5)13)9-4(1-12)7(17)6(3-16)19-9/h1-2,6-7,9,16-17H,3H2,(H2,13,14,18). The summed E-state index contributed by atoms with van der Waals surface area (Å²) < 4.78 is 19.4. The van der Waals surface area contributed by atoms with Crippen molar-refractivity contribution < 1.29 is 19.3 Å². The number of halogens is 2. The van der Waals surface area contributed by atoms with Gasteiger partial charge in [-0.25, -0.2) is 9.18 Å². The fourth-order valence-corrected chi connectivity index (χ4v) is 2.10. The van der Waals surface area contributed by atoms with Gasteiger partial charge in [-0.15, -0.1) is 0 Å². The Hall–Kier alpha value is -1.29. The molecule has 3 atom stereocenters. The van der Waals surface area contributed by atoms with E-state index >= 15 is 0 Å². The number of ether oxygens (including phenoxy) is 1. The highest BCUT2D eigenvalue weighted by Crippen LogP contribution is 2.34. The average molecular weight is 336 g/mol. The maximum Gasteiger partial charge on any atom is 0.351 e. The molecule has 1 fully saturated rings. The van der Waals surface area contributed by atoms with E-state index in [-0.39, 0.29) is 17.7 Å². The van der Waals surface area contributed by atoms with E-state index < -0.39 is 30.7 Å². The van der Waals surface area contributed by atoms with Crippen molar-refractivity contribution >= 4 is 21.7 Å².